The summed E-state index contributed by atoms with van der Waals surface area (Å²) in [6, 6.07) is 14.2. The topological polar surface area (TPSA) is 67.9 Å². The third-order valence-electron chi connectivity index (χ3n) is 6.68. The van der Waals surface area contributed by atoms with Gasteiger partial charge in [-0.05, 0) is 64.3 Å². The number of unbranched alkanes of at least 4 members (excludes halogenated alkanes) is 6. The molecule has 2 rings (SSSR count). The number of aliphatic imine (C=N–C) groups is 1. The average Bonchev–Trinajstić information content (AvgIpc) is 2.90. The minimum Gasteiger partial charge on any atom is -0.462 e. The molecule has 2 N–H and O–H groups in total. The lowest BCUT2D eigenvalue weighted by atomic mass is 9.93. The summed E-state index contributed by atoms with van der Waals surface area (Å²) < 4.78 is 5.68. The van der Waals surface area contributed by atoms with E-state index in [1.54, 1.807) is 0 Å². The van der Waals surface area contributed by atoms with Crippen LogP contribution >= 0.6 is 0 Å². The Balaban J connectivity index is 2.42. The van der Waals surface area contributed by atoms with Crippen LogP contribution in [0, 0.1) is 6.92 Å². The SMILES string of the molecule is CCCCCCOC(=O)c1ccccc1/C(=N/CCCCCCN)c1cccc(N(CC)CC)c1C. The lowest BCUT2D eigenvalue weighted by molar-refractivity contribution is 0.0497. The van der Waals surface area contributed by atoms with Crippen molar-refractivity contribution in [1.29, 1.82) is 0 Å². The van der Waals surface area contributed by atoms with Gasteiger partial charge in [-0.2, -0.15) is 0 Å². The maximum atomic E-state index is 13.1. The zero-order valence-corrected chi connectivity index (χ0v) is 23.0. The number of hydrogen-bond donors (Lipinski definition) is 1. The van der Waals surface area contributed by atoms with E-state index in [0.717, 1.165) is 88.0 Å². The van der Waals surface area contributed by atoms with E-state index >= 15 is 0 Å². The number of ether oxygens (including phenoxy) is 1. The van der Waals surface area contributed by atoms with Gasteiger partial charge in [-0.3, -0.25) is 4.99 Å². The summed E-state index contributed by atoms with van der Waals surface area (Å²) in [5.74, 6) is -0.268. The molecule has 0 saturated heterocycles. The fourth-order valence-electron chi connectivity index (χ4n) is 4.54. The monoisotopic (exact) mass is 493 g/mol. The molecule has 0 aliphatic rings. The Hall–Kier alpha value is -2.66. The molecule has 2 aromatic rings. The van der Waals surface area contributed by atoms with Crippen LogP contribution in [0.5, 0.6) is 0 Å². The standard InChI is InChI=1S/C31H47N3O2/c1-5-8-9-16-24-36-31(35)28-19-13-12-18-27(28)30(33-23-15-11-10-14-22-32)26-20-17-21-29(25(26)4)34(6-2)7-3/h12-13,17-21H,5-11,14-16,22-24,32H2,1-4H3/b33-30+. The van der Waals surface area contributed by atoms with Gasteiger partial charge in [0.2, 0.25) is 0 Å². The Morgan fingerprint density at radius 2 is 1.50 bits per heavy atom. The highest BCUT2D eigenvalue weighted by molar-refractivity contribution is 6.18. The van der Waals surface area contributed by atoms with Gasteiger partial charge in [0.1, 0.15) is 0 Å². The van der Waals surface area contributed by atoms with Crippen molar-refractivity contribution in [1.82, 2.24) is 0 Å². The molecule has 5 heteroatoms. The summed E-state index contributed by atoms with van der Waals surface area (Å²) in [6.45, 7) is 12.5. The normalized spacial score (nSPS) is 11.5. The predicted molar refractivity (Wildman–Crippen MR) is 154 cm³/mol. The molecule has 0 unspecified atom stereocenters. The first-order valence-electron chi connectivity index (χ1n) is 13.9. The highest BCUT2D eigenvalue weighted by Gasteiger charge is 2.20. The maximum Gasteiger partial charge on any atom is 0.338 e. The van der Waals surface area contributed by atoms with Crippen LogP contribution in [0.3, 0.4) is 0 Å². The van der Waals surface area contributed by atoms with Crippen LogP contribution in [0.4, 0.5) is 5.69 Å². The first-order chi connectivity index (χ1) is 17.6. The lowest BCUT2D eigenvalue weighted by Gasteiger charge is -2.25. The van der Waals surface area contributed by atoms with Crippen molar-refractivity contribution in [3.8, 4) is 0 Å². The van der Waals surface area contributed by atoms with Gasteiger partial charge in [0.05, 0.1) is 17.9 Å². The Morgan fingerprint density at radius 1 is 0.833 bits per heavy atom. The van der Waals surface area contributed by atoms with E-state index in [0.29, 0.717) is 12.2 Å². The largest absolute Gasteiger partial charge is 0.462 e. The van der Waals surface area contributed by atoms with E-state index < -0.39 is 0 Å². The van der Waals surface area contributed by atoms with Crippen molar-refractivity contribution in [3.63, 3.8) is 0 Å². The van der Waals surface area contributed by atoms with E-state index in [9.17, 15) is 4.79 Å². The molecular weight excluding hydrogens is 446 g/mol. The number of nitrogens with zero attached hydrogens (tertiary/aromatic N) is 2. The van der Waals surface area contributed by atoms with Crippen molar-refractivity contribution < 1.29 is 9.53 Å². The number of carbonyl (C=O) groups is 1. The predicted octanol–water partition coefficient (Wildman–Crippen LogP) is 6.93. The summed E-state index contributed by atoms with van der Waals surface area (Å²) in [5, 5.41) is 0. The molecule has 0 spiro atoms. The van der Waals surface area contributed by atoms with Crippen LogP contribution in [-0.4, -0.2) is 44.5 Å². The molecule has 0 heterocycles. The van der Waals surface area contributed by atoms with Gasteiger partial charge in [-0.1, -0.05) is 69.4 Å². The maximum absolute atomic E-state index is 13.1. The number of anilines is 1. The van der Waals surface area contributed by atoms with Gasteiger partial charge in [0.15, 0.2) is 0 Å². The fourth-order valence-corrected chi connectivity index (χ4v) is 4.54. The Morgan fingerprint density at radius 3 is 2.19 bits per heavy atom. The van der Waals surface area contributed by atoms with E-state index in [-0.39, 0.29) is 5.97 Å². The number of esters is 1. The average molecular weight is 494 g/mol. The van der Waals surface area contributed by atoms with E-state index in [4.69, 9.17) is 15.5 Å². The molecule has 0 fully saturated rings. The molecule has 36 heavy (non-hydrogen) atoms. The quantitative estimate of drug-likeness (QED) is 0.147. The van der Waals surface area contributed by atoms with Crippen molar-refractivity contribution in [2.75, 3.05) is 37.7 Å². The third-order valence-corrected chi connectivity index (χ3v) is 6.68. The van der Waals surface area contributed by atoms with Gasteiger partial charge in [-0.15, -0.1) is 0 Å². The second kappa shape index (κ2) is 16.9. The highest BCUT2D eigenvalue weighted by Crippen LogP contribution is 2.27. The second-order valence-electron chi connectivity index (χ2n) is 9.30. The molecule has 0 atom stereocenters. The van der Waals surface area contributed by atoms with E-state index in [2.05, 4.69) is 50.8 Å². The van der Waals surface area contributed by atoms with Crippen molar-refractivity contribution in [2.45, 2.75) is 79.1 Å². The molecule has 0 aliphatic carbocycles. The van der Waals surface area contributed by atoms with Crippen molar-refractivity contribution in [3.05, 3.63) is 64.7 Å². The van der Waals surface area contributed by atoms with E-state index in [1.165, 1.54) is 17.7 Å². The molecule has 0 aliphatic heterocycles. The highest BCUT2D eigenvalue weighted by atomic mass is 16.5. The van der Waals surface area contributed by atoms with Gasteiger partial charge in [0, 0.05) is 36.4 Å². The minimum absolute atomic E-state index is 0.268. The van der Waals surface area contributed by atoms with Gasteiger partial charge < -0.3 is 15.4 Å². The van der Waals surface area contributed by atoms with Gasteiger partial charge in [0.25, 0.3) is 0 Å². The third kappa shape index (κ3) is 8.77. The smallest absolute Gasteiger partial charge is 0.338 e. The zero-order chi connectivity index (χ0) is 26.2. The molecule has 0 saturated carbocycles. The Kier molecular flexibility index (Phi) is 13.9. The van der Waals surface area contributed by atoms with Crippen molar-refractivity contribution >= 4 is 17.4 Å². The van der Waals surface area contributed by atoms with Crippen LogP contribution in [0.1, 0.15) is 99.2 Å². The van der Waals surface area contributed by atoms with Crippen LogP contribution in [0.25, 0.3) is 0 Å². The number of rotatable bonds is 17. The number of benzene rings is 2. The van der Waals surface area contributed by atoms with Crippen LogP contribution in [0.2, 0.25) is 0 Å². The fraction of sp³-hybridized carbons (Fsp3) is 0.548. The van der Waals surface area contributed by atoms with Gasteiger partial charge in [-0.25, -0.2) is 4.79 Å². The summed E-state index contributed by atoms with van der Waals surface area (Å²) >= 11 is 0. The molecule has 2 aromatic carbocycles. The number of hydrogen-bond acceptors (Lipinski definition) is 5. The second-order valence-corrected chi connectivity index (χ2v) is 9.30. The molecular formula is C31H47N3O2. The number of carbonyl (C=O) groups excluding carboxylic acids is 1. The zero-order valence-electron chi connectivity index (χ0n) is 23.0. The summed E-state index contributed by atoms with van der Waals surface area (Å²) in [4.78, 5) is 20.6. The van der Waals surface area contributed by atoms with E-state index in [1.807, 2.05) is 24.3 Å². The first-order valence-corrected chi connectivity index (χ1v) is 13.9. The van der Waals surface area contributed by atoms with Crippen LogP contribution < -0.4 is 10.6 Å². The molecule has 0 radical (unpaired) electrons. The first kappa shape index (κ1) is 29.6. The molecule has 198 valence electrons. The van der Waals surface area contributed by atoms with Crippen LogP contribution in [0.15, 0.2) is 47.5 Å². The Labute approximate surface area is 219 Å². The van der Waals surface area contributed by atoms with Crippen molar-refractivity contribution in [2.24, 2.45) is 10.7 Å². The Bertz CT molecular complexity index is 951. The summed E-state index contributed by atoms with van der Waals surface area (Å²) in [6.07, 6.45) is 8.59. The summed E-state index contributed by atoms with van der Waals surface area (Å²) in [5.41, 5.74) is 11.4. The minimum atomic E-state index is -0.268. The number of nitrogens with two attached hydrogens (primary N) is 1. The van der Waals surface area contributed by atoms with Crippen LogP contribution in [-0.2, 0) is 4.74 Å². The molecule has 0 aromatic heterocycles. The molecule has 0 amide bonds. The molecule has 5 nitrogen and oxygen atoms in total. The summed E-state index contributed by atoms with van der Waals surface area (Å²) in [7, 11) is 0. The molecule has 0 bridgehead atoms. The lowest BCUT2D eigenvalue weighted by Crippen LogP contribution is -2.24. The van der Waals surface area contributed by atoms with Gasteiger partial charge >= 0.3 is 5.97 Å².